The van der Waals surface area contributed by atoms with E-state index in [-0.39, 0.29) is 5.69 Å². The lowest BCUT2D eigenvalue weighted by Crippen LogP contribution is -1.89. The molecule has 0 amide bonds. The Morgan fingerprint density at radius 1 is 1.11 bits per heavy atom. The third-order valence-corrected chi connectivity index (χ3v) is 2.69. The fourth-order valence-electron chi connectivity index (χ4n) is 1.82. The molecule has 1 N–H and O–H groups in total. The van der Waals surface area contributed by atoms with Crippen molar-refractivity contribution < 1.29 is 4.92 Å². The number of nitro benzene ring substituents is 1. The summed E-state index contributed by atoms with van der Waals surface area (Å²) in [6.07, 6.45) is 3.28. The molecule has 0 unspecified atom stereocenters. The van der Waals surface area contributed by atoms with Crippen molar-refractivity contribution in [3.05, 3.63) is 53.0 Å². The van der Waals surface area contributed by atoms with Crippen molar-refractivity contribution in [1.29, 1.82) is 0 Å². The van der Waals surface area contributed by atoms with Crippen LogP contribution in [0.2, 0.25) is 0 Å². The number of hydrogen-bond acceptors (Lipinski definition) is 4. The van der Waals surface area contributed by atoms with E-state index in [0.29, 0.717) is 5.69 Å². The van der Waals surface area contributed by atoms with Crippen molar-refractivity contribution in [2.45, 2.75) is 0 Å². The lowest BCUT2D eigenvalue weighted by Gasteiger charge is -2.01. The molecule has 3 rings (SSSR count). The van der Waals surface area contributed by atoms with Crippen LogP contribution in [0.25, 0.3) is 22.3 Å². The summed E-state index contributed by atoms with van der Waals surface area (Å²) >= 11 is 0. The van der Waals surface area contributed by atoms with Gasteiger partial charge in [-0.3, -0.25) is 15.1 Å². The predicted molar refractivity (Wildman–Crippen MR) is 66.0 cm³/mol. The van der Waals surface area contributed by atoms with Crippen LogP contribution in [0.1, 0.15) is 0 Å². The van der Waals surface area contributed by atoms with E-state index < -0.39 is 4.92 Å². The smallest absolute Gasteiger partial charge is 0.269 e. The highest BCUT2D eigenvalue weighted by Crippen LogP contribution is 2.25. The zero-order valence-corrected chi connectivity index (χ0v) is 9.20. The Labute approximate surface area is 101 Å². The van der Waals surface area contributed by atoms with E-state index in [1.807, 2.05) is 6.07 Å². The summed E-state index contributed by atoms with van der Waals surface area (Å²) in [5.41, 5.74) is 3.22. The first kappa shape index (κ1) is 10.4. The van der Waals surface area contributed by atoms with Gasteiger partial charge in [0, 0.05) is 23.9 Å². The Morgan fingerprint density at radius 3 is 2.61 bits per heavy atom. The fourth-order valence-corrected chi connectivity index (χ4v) is 1.82. The number of aromatic nitrogens is 3. The third-order valence-electron chi connectivity index (χ3n) is 2.69. The number of aromatic amines is 1. The van der Waals surface area contributed by atoms with Gasteiger partial charge in [0.1, 0.15) is 5.52 Å². The second kappa shape index (κ2) is 3.92. The Bertz CT molecular complexity index is 718. The van der Waals surface area contributed by atoms with Gasteiger partial charge < -0.3 is 4.98 Å². The monoisotopic (exact) mass is 240 g/mol. The predicted octanol–water partition coefficient (Wildman–Crippen LogP) is 2.53. The molecule has 18 heavy (non-hydrogen) atoms. The first-order valence-electron chi connectivity index (χ1n) is 5.28. The van der Waals surface area contributed by atoms with E-state index in [1.54, 1.807) is 24.7 Å². The maximum absolute atomic E-state index is 10.6. The third kappa shape index (κ3) is 1.60. The molecular weight excluding hydrogens is 232 g/mol. The number of nitrogens with zero attached hydrogens (tertiary/aromatic N) is 3. The van der Waals surface area contributed by atoms with Crippen LogP contribution in [0.15, 0.2) is 42.9 Å². The number of benzene rings is 1. The van der Waals surface area contributed by atoms with Gasteiger partial charge in [-0.15, -0.1) is 0 Å². The van der Waals surface area contributed by atoms with Crippen LogP contribution < -0.4 is 0 Å². The minimum atomic E-state index is -0.424. The molecule has 0 fully saturated rings. The Morgan fingerprint density at radius 2 is 1.89 bits per heavy atom. The van der Waals surface area contributed by atoms with Crippen LogP contribution in [0.4, 0.5) is 5.69 Å². The number of hydrogen-bond donors (Lipinski definition) is 1. The van der Waals surface area contributed by atoms with Crippen molar-refractivity contribution in [3.8, 4) is 11.3 Å². The summed E-state index contributed by atoms with van der Waals surface area (Å²) in [6, 6.07) is 8.10. The van der Waals surface area contributed by atoms with Gasteiger partial charge >= 0.3 is 0 Å². The highest BCUT2D eigenvalue weighted by molar-refractivity contribution is 5.89. The number of H-pyrrole nitrogens is 1. The van der Waals surface area contributed by atoms with E-state index in [9.17, 15) is 10.1 Å². The van der Waals surface area contributed by atoms with Crippen LogP contribution in [0, 0.1) is 10.1 Å². The number of imidazole rings is 1. The highest BCUT2D eigenvalue weighted by atomic mass is 16.6. The molecule has 0 radical (unpaired) electrons. The van der Waals surface area contributed by atoms with Crippen molar-refractivity contribution in [2.24, 2.45) is 0 Å². The van der Waals surface area contributed by atoms with E-state index in [0.717, 1.165) is 16.6 Å². The van der Waals surface area contributed by atoms with Gasteiger partial charge in [-0.25, -0.2) is 4.98 Å². The lowest BCUT2D eigenvalue weighted by molar-refractivity contribution is -0.384. The number of non-ortho nitro benzene ring substituents is 1. The molecule has 0 saturated carbocycles. The van der Waals surface area contributed by atoms with Gasteiger partial charge in [0.2, 0.25) is 0 Å². The Hall–Kier alpha value is -2.76. The topological polar surface area (TPSA) is 84.7 Å². The molecule has 1 aromatic carbocycles. The van der Waals surface area contributed by atoms with Crippen LogP contribution in [0.5, 0.6) is 0 Å². The van der Waals surface area contributed by atoms with Crippen molar-refractivity contribution in [2.75, 3.05) is 0 Å². The van der Waals surface area contributed by atoms with Gasteiger partial charge in [0.15, 0.2) is 0 Å². The summed E-state index contributed by atoms with van der Waals surface area (Å²) in [6.45, 7) is 0. The van der Waals surface area contributed by atoms with Crippen LogP contribution in [-0.4, -0.2) is 19.9 Å². The molecule has 6 heteroatoms. The van der Waals surface area contributed by atoms with Gasteiger partial charge in [-0.05, 0) is 18.2 Å². The minimum Gasteiger partial charge on any atom is -0.344 e. The number of fused-ring (bicyclic) bond motifs is 1. The van der Waals surface area contributed by atoms with Gasteiger partial charge in [-0.1, -0.05) is 0 Å². The first-order valence-corrected chi connectivity index (χ1v) is 5.28. The fraction of sp³-hybridized carbons (Fsp3) is 0. The van der Waals surface area contributed by atoms with E-state index in [1.165, 1.54) is 12.1 Å². The summed E-state index contributed by atoms with van der Waals surface area (Å²) in [7, 11) is 0. The van der Waals surface area contributed by atoms with E-state index in [4.69, 9.17) is 0 Å². The zero-order chi connectivity index (χ0) is 12.5. The molecule has 0 aliphatic heterocycles. The van der Waals surface area contributed by atoms with Crippen molar-refractivity contribution >= 4 is 16.7 Å². The lowest BCUT2D eigenvalue weighted by atomic mass is 10.1. The van der Waals surface area contributed by atoms with Crippen molar-refractivity contribution in [1.82, 2.24) is 15.0 Å². The first-order chi connectivity index (χ1) is 8.75. The Balaban J connectivity index is 2.14. The molecule has 2 aromatic heterocycles. The SMILES string of the molecule is O=[N+]([O-])c1ccc(-c2nccc3[nH]cnc23)cc1. The van der Waals surface area contributed by atoms with Crippen LogP contribution in [0.3, 0.4) is 0 Å². The van der Waals surface area contributed by atoms with Gasteiger partial charge in [-0.2, -0.15) is 0 Å². The maximum Gasteiger partial charge on any atom is 0.269 e. The average molecular weight is 240 g/mol. The molecule has 0 atom stereocenters. The largest absolute Gasteiger partial charge is 0.344 e. The summed E-state index contributed by atoms with van der Waals surface area (Å²) in [5.74, 6) is 0. The molecule has 6 nitrogen and oxygen atoms in total. The standard InChI is InChI=1S/C12H8N4O2/c17-16(18)9-3-1-8(2-4-9)11-12-10(5-6-13-11)14-7-15-12/h1-7H,(H,14,15). The second-order valence-electron chi connectivity index (χ2n) is 3.76. The molecular formula is C12H8N4O2. The summed E-state index contributed by atoms with van der Waals surface area (Å²) < 4.78 is 0. The van der Waals surface area contributed by atoms with Crippen LogP contribution >= 0.6 is 0 Å². The molecule has 2 heterocycles. The second-order valence-corrected chi connectivity index (χ2v) is 3.76. The van der Waals surface area contributed by atoms with E-state index in [2.05, 4.69) is 15.0 Å². The molecule has 0 aliphatic rings. The molecule has 3 aromatic rings. The molecule has 0 aliphatic carbocycles. The number of nitrogens with one attached hydrogen (secondary N) is 1. The maximum atomic E-state index is 10.6. The number of pyridine rings is 1. The number of rotatable bonds is 2. The molecule has 0 bridgehead atoms. The zero-order valence-electron chi connectivity index (χ0n) is 9.20. The van der Waals surface area contributed by atoms with Gasteiger partial charge in [0.25, 0.3) is 5.69 Å². The van der Waals surface area contributed by atoms with Crippen molar-refractivity contribution in [3.63, 3.8) is 0 Å². The summed E-state index contributed by atoms with van der Waals surface area (Å²) in [5, 5.41) is 10.6. The molecule has 0 saturated heterocycles. The normalized spacial score (nSPS) is 10.7. The number of nitro groups is 1. The molecule has 88 valence electrons. The van der Waals surface area contributed by atoms with Gasteiger partial charge in [0.05, 0.1) is 22.5 Å². The average Bonchev–Trinajstić information content (AvgIpc) is 2.87. The van der Waals surface area contributed by atoms with Crippen LogP contribution in [-0.2, 0) is 0 Å². The van der Waals surface area contributed by atoms with E-state index >= 15 is 0 Å². The Kier molecular flexibility index (Phi) is 2.26. The molecule has 0 spiro atoms. The summed E-state index contributed by atoms with van der Waals surface area (Å²) in [4.78, 5) is 21.6. The quantitative estimate of drug-likeness (QED) is 0.551. The minimum absolute atomic E-state index is 0.0629. The highest BCUT2D eigenvalue weighted by Gasteiger charge is 2.09.